The number of aromatic nitrogens is 1. The molecule has 7 heteroatoms. The van der Waals surface area contributed by atoms with Crippen LogP contribution in [0.2, 0.25) is 0 Å². The number of likely N-dealkylation sites (tertiary alicyclic amines) is 1. The number of halogens is 1. The quantitative estimate of drug-likeness (QED) is 0.436. The van der Waals surface area contributed by atoms with Gasteiger partial charge >= 0.3 is 0 Å². The number of carbonyl (C=O) groups is 2. The molecule has 2 unspecified atom stereocenters. The maximum absolute atomic E-state index is 14.1. The van der Waals surface area contributed by atoms with E-state index < -0.39 is 0 Å². The number of aryl methyl sites for hydroxylation is 1. The van der Waals surface area contributed by atoms with Crippen LogP contribution in [0.5, 0.6) is 0 Å². The molecule has 36 heavy (non-hydrogen) atoms. The van der Waals surface area contributed by atoms with Gasteiger partial charge in [-0.1, -0.05) is 25.1 Å². The van der Waals surface area contributed by atoms with E-state index in [0.717, 1.165) is 55.5 Å². The Bertz CT molecular complexity index is 1230. The van der Waals surface area contributed by atoms with Crippen LogP contribution in [0, 0.1) is 5.82 Å². The molecule has 3 aromatic rings. The number of rotatable bonds is 7. The lowest BCUT2D eigenvalue weighted by molar-refractivity contribution is -0.138. The summed E-state index contributed by atoms with van der Waals surface area (Å²) in [7, 11) is 0. The van der Waals surface area contributed by atoms with Gasteiger partial charge in [-0.25, -0.2) is 4.39 Å². The molecule has 1 aromatic carbocycles. The van der Waals surface area contributed by atoms with Gasteiger partial charge in [-0.3, -0.25) is 14.6 Å². The van der Waals surface area contributed by atoms with Gasteiger partial charge in [-0.15, -0.1) is 11.3 Å². The molecule has 2 aromatic heterocycles. The van der Waals surface area contributed by atoms with E-state index in [0.29, 0.717) is 6.54 Å². The summed E-state index contributed by atoms with van der Waals surface area (Å²) in [5.41, 5.74) is 4.05. The second kappa shape index (κ2) is 10.9. The van der Waals surface area contributed by atoms with Gasteiger partial charge in [0.05, 0.1) is 6.04 Å². The van der Waals surface area contributed by atoms with E-state index in [1.54, 1.807) is 17.4 Å². The van der Waals surface area contributed by atoms with E-state index >= 15 is 0 Å². The monoisotopic (exact) mass is 505 g/mol. The normalized spacial score (nSPS) is 19.4. The Morgan fingerprint density at radius 3 is 2.67 bits per heavy atom. The highest BCUT2D eigenvalue weighted by atomic mass is 32.1. The van der Waals surface area contributed by atoms with E-state index in [1.165, 1.54) is 22.6 Å². The number of benzene rings is 1. The molecule has 4 heterocycles. The fourth-order valence-electron chi connectivity index (χ4n) is 5.52. The number of amides is 2. The summed E-state index contributed by atoms with van der Waals surface area (Å²) in [6.45, 7) is 3.42. The maximum Gasteiger partial charge on any atom is 0.223 e. The third-order valence-electron chi connectivity index (χ3n) is 7.44. The van der Waals surface area contributed by atoms with Gasteiger partial charge in [0.2, 0.25) is 11.8 Å². The summed E-state index contributed by atoms with van der Waals surface area (Å²) >= 11 is 1.68. The van der Waals surface area contributed by atoms with Crippen molar-refractivity contribution in [3.63, 3.8) is 0 Å². The molecule has 0 radical (unpaired) electrons. The van der Waals surface area contributed by atoms with Gasteiger partial charge in [-0.2, -0.15) is 0 Å². The lowest BCUT2D eigenvalue weighted by Gasteiger charge is -2.36. The first-order valence-electron chi connectivity index (χ1n) is 12.9. The average molecular weight is 506 g/mol. The van der Waals surface area contributed by atoms with Gasteiger partial charge in [0.25, 0.3) is 0 Å². The number of hydrogen-bond acceptors (Lipinski definition) is 4. The highest BCUT2D eigenvalue weighted by molar-refractivity contribution is 7.10. The first kappa shape index (κ1) is 24.6. The van der Waals surface area contributed by atoms with Crippen LogP contribution in [0.15, 0.2) is 54.0 Å². The van der Waals surface area contributed by atoms with E-state index in [9.17, 15) is 14.0 Å². The number of hydrogen-bond donors (Lipinski definition) is 0. The molecule has 0 N–H and O–H groups in total. The fourth-order valence-corrected chi connectivity index (χ4v) is 6.43. The minimum absolute atomic E-state index is 0.0339. The largest absolute Gasteiger partial charge is 0.339 e. The zero-order valence-electron chi connectivity index (χ0n) is 20.7. The molecule has 1 saturated heterocycles. The second-order valence-electron chi connectivity index (χ2n) is 9.69. The molecule has 1 fully saturated rings. The molecule has 2 amide bonds. The Morgan fingerprint density at radius 1 is 1.08 bits per heavy atom. The number of carbonyl (C=O) groups excluding carboxylic acids is 2. The SMILES string of the molecule is CCc1ccc(CC2CCCN2C(=O)CCC(=O)N2CCc3sccc3C2c2cccc(F)c2)nc1. The number of thiophene rings is 1. The van der Waals surface area contributed by atoms with Crippen LogP contribution >= 0.6 is 11.3 Å². The van der Waals surface area contributed by atoms with Crippen LogP contribution in [-0.2, 0) is 28.9 Å². The van der Waals surface area contributed by atoms with Crippen molar-refractivity contribution in [3.8, 4) is 0 Å². The highest BCUT2D eigenvalue weighted by Gasteiger charge is 2.34. The third kappa shape index (κ3) is 5.21. The Balaban J connectivity index is 1.24. The molecule has 0 saturated carbocycles. The van der Waals surface area contributed by atoms with Crippen LogP contribution < -0.4 is 0 Å². The van der Waals surface area contributed by atoms with Crippen LogP contribution in [0.1, 0.15) is 65.9 Å². The van der Waals surface area contributed by atoms with Gasteiger partial charge in [0.1, 0.15) is 5.82 Å². The van der Waals surface area contributed by atoms with Gasteiger partial charge in [0, 0.05) is 55.2 Å². The van der Waals surface area contributed by atoms with Gasteiger partial charge < -0.3 is 9.80 Å². The lowest BCUT2D eigenvalue weighted by Crippen LogP contribution is -2.41. The zero-order chi connectivity index (χ0) is 25.1. The zero-order valence-corrected chi connectivity index (χ0v) is 21.5. The minimum atomic E-state index is -0.310. The van der Waals surface area contributed by atoms with Crippen molar-refractivity contribution in [2.45, 2.75) is 64.0 Å². The molecule has 2 aliphatic heterocycles. The second-order valence-corrected chi connectivity index (χ2v) is 10.7. The average Bonchev–Trinajstić information content (AvgIpc) is 3.56. The molecule has 5 rings (SSSR count). The van der Waals surface area contributed by atoms with Crippen molar-refractivity contribution in [3.05, 3.63) is 87.1 Å². The van der Waals surface area contributed by atoms with Crippen molar-refractivity contribution >= 4 is 23.2 Å². The third-order valence-corrected chi connectivity index (χ3v) is 8.44. The summed E-state index contributed by atoms with van der Waals surface area (Å²) < 4.78 is 14.1. The smallest absolute Gasteiger partial charge is 0.223 e. The molecule has 0 aliphatic carbocycles. The highest BCUT2D eigenvalue weighted by Crippen LogP contribution is 2.38. The minimum Gasteiger partial charge on any atom is -0.339 e. The Kier molecular flexibility index (Phi) is 7.46. The predicted molar refractivity (Wildman–Crippen MR) is 139 cm³/mol. The molecule has 188 valence electrons. The molecule has 2 aliphatic rings. The van der Waals surface area contributed by atoms with Gasteiger partial charge in [0.15, 0.2) is 0 Å². The standard InChI is InChI=1S/C29H32FN3O2S/c1-2-20-8-9-23(31-19-20)18-24-7-4-14-32(24)27(34)10-11-28(35)33-15-12-26-25(13-16-36-26)29(33)21-5-3-6-22(30)17-21/h3,5-6,8-9,13,16-17,19,24,29H,2,4,7,10-12,14-15,18H2,1H3. The first-order chi connectivity index (χ1) is 17.5. The van der Waals surface area contributed by atoms with E-state index in [-0.39, 0.29) is 42.6 Å². The van der Waals surface area contributed by atoms with E-state index in [2.05, 4.69) is 24.0 Å². The molecule has 0 bridgehead atoms. The number of fused-ring (bicyclic) bond motifs is 1. The van der Waals surface area contributed by atoms with Crippen molar-refractivity contribution < 1.29 is 14.0 Å². The number of pyridine rings is 1. The molecule has 2 atom stereocenters. The Morgan fingerprint density at radius 2 is 1.92 bits per heavy atom. The number of nitrogens with zero attached hydrogens (tertiary/aromatic N) is 3. The molecular weight excluding hydrogens is 473 g/mol. The molecule has 0 spiro atoms. The van der Waals surface area contributed by atoms with Crippen LogP contribution in [-0.4, -0.2) is 45.7 Å². The molecular formula is C29H32FN3O2S. The van der Waals surface area contributed by atoms with Crippen molar-refractivity contribution in [1.82, 2.24) is 14.8 Å². The Labute approximate surface area is 216 Å². The summed E-state index contributed by atoms with van der Waals surface area (Å²) in [5.74, 6) is -0.329. The Hall–Kier alpha value is -3.06. The van der Waals surface area contributed by atoms with Crippen LogP contribution in [0.25, 0.3) is 0 Å². The lowest BCUT2D eigenvalue weighted by atomic mass is 9.92. The summed E-state index contributed by atoms with van der Waals surface area (Å²) in [6.07, 6.45) is 6.71. The summed E-state index contributed by atoms with van der Waals surface area (Å²) in [5, 5.41) is 2.03. The van der Waals surface area contributed by atoms with Crippen molar-refractivity contribution in [2.24, 2.45) is 0 Å². The van der Waals surface area contributed by atoms with Crippen LogP contribution in [0.3, 0.4) is 0 Å². The van der Waals surface area contributed by atoms with E-state index in [4.69, 9.17) is 0 Å². The van der Waals surface area contributed by atoms with E-state index in [1.807, 2.05) is 33.5 Å². The van der Waals surface area contributed by atoms with Crippen molar-refractivity contribution in [2.75, 3.05) is 13.1 Å². The maximum atomic E-state index is 14.1. The van der Waals surface area contributed by atoms with Crippen LogP contribution in [0.4, 0.5) is 4.39 Å². The first-order valence-corrected chi connectivity index (χ1v) is 13.8. The predicted octanol–water partition coefficient (Wildman–Crippen LogP) is 5.33. The summed E-state index contributed by atoms with van der Waals surface area (Å²) in [4.78, 5) is 36.2. The molecule has 5 nitrogen and oxygen atoms in total. The van der Waals surface area contributed by atoms with Gasteiger partial charge in [-0.05, 0) is 72.0 Å². The fraction of sp³-hybridized carbons (Fsp3) is 0.414. The summed E-state index contributed by atoms with van der Waals surface area (Å²) in [6, 6.07) is 12.5. The van der Waals surface area contributed by atoms with Crippen molar-refractivity contribution in [1.29, 1.82) is 0 Å². The topological polar surface area (TPSA) is 53.5 Å².